The predicted octanol–water partition coefficient (Wildman–Crippen LogP) is 14.0. The van der Waals surface area contributed by atoms with E-state index in [0.29, 0.717) is 0 Å². The van der Waals surface area contributed by atoms with Crippen LogP contribution in [0.3, 0.4) is 0 Å². The molecule has 2 heteroatoms. The molecule has 252 valence electrons. The molecule has 2 nitrogen and oxygen atoms in total. The Hall–Kier alpha value is -7.16. The third kappa shape index (κ3) is 4.81. The number of fused-ring (bicyclic) bond motifs is 8. The number of nitrogens with zero attached hydrogens (tertiary/aromatic N) is 2. The molecule has 0 saturated heterocycles. The van der Waals surface area contributed by atoms with Crippen molar-refractivity contribution < 1.29 is 0 Å². The standard InChI is InChI=1S/C52H34N2/c1-4-14-35(15-5-1)39-30-40(36-16-6-2-7-17-36)32-41(31-39)37-24-27-43(28-25-37)53-49-23-13-12-22-45(49)47-33-48-46-29-26-38-18-10-11-21-44(38)52(46)54(51(48)34-50(47)53)42-19-8-3-9-20-42/h1-34H. The van der Waals surface area contributed by atoms with Crippen molar-refractivity contribution >= 4 is 54.4 Å². The number of rotatable bonds is 5. The highest BCUT2D eigenvalue weighted by Gasteiger charge is 2.20. The van der Waals surface area contributed by atoms with Crippen molar-refractivity contribution in [2.24, 2.45) is 0 Å². The normalized spacial score (nSPS) is 11.7. The zero-order valence-electron chi connectivity index (χ0n) is 29.5. The Morgan fingerprint density at radius 2 is 0.741 bits per heavy atom. The SMILES string of the molecule is c1ccc(-c2cc(-c3ccccc3)cc(-c3ccc(-n4c5ccccc5c5cc6c7ccc8ccccc8c7n(-c7ccccc7)c6cc54)cc3)c2)cc1. The highest BCUT2D eigenvalue weighted by molar-refractivity contribution is 6.23. The van der Waals surface area contributed by atoms with Crippen molar-refractivity contribution in [3.63, 3.8) is 0 Å². The van der Waals surface area contributed by atoms with Gasteiger partial charge in [0.25, 0.3) is 0 Å². The molecular weight excluding hydrogens is 653 g/mol. The van der Waals surface area contributed by atoms with Gasteiger partial charge < -0.3 is 9.13 Å². The van der Waals surface area contributed by atoms with Gasteiger partial charge in [0.15, 0.2) is 0 Å². The van der Waals surface area contributed by atoms with Gasteiger partial charge in [0.1, 0.15) is 0 Å². The zero-order valence-corrected chi connectivity index (χ0v) is 29.5. The van der Waals surface area contributed by atoms with Crippen LogP contribution in [0.25, 0.3) is 99.1 Å². The van der Waals surface area contributed by atoms with Crippen LogP contribution >= 0.6 is 0 Å². The van der Waals surface area contributed by atoms with E-state index in [1.165, 1.54) is 87.8 Å². The van der Waals surface area contributed by atoms with Gasteiger partial charge >= 0.3 is 0 Å². The van der Waals surface area contributed by atoms with Crippen LogP contribution in [0, 0.1) is 0 Å². The lowest BCUT2D eigenvalue weighted by atomic mass is 9.93. The number of para-hydroxylation sites is 2. The molecule has 0 radical (unpaired) electrons. The third-order valence-electron chi connectivity index (χ3n) is 11.1. The van der Waals surface area contributed by atoms with Gasteiger partial charge in [0.05, 0.1) is 22.1 Å². The van der Waals surface area contributed by atoms with Gasteiger partial charge in [0.2, 0.25) is 0 Å². The van der Waals surface area contributed by atoms with Crippen LogP contribution in [0.5, 0.6) is 0 Å². The minimum Gasteiger partial charge on any atom is -0.309 e. The van der Waals surface area contributed by atoms with Gasteiger partial charge in [-0.2, -0.15) is 0 Å². The Labute approximate surface area is 313 Å². The maximum atomic E-state index is 2.46. The molecular formula is C52H34N2. The van der Waals surface area contributed by atoms with E-state index in [2.05, 4.69) is 215 Å². The van der Waals surface area contributed by atoms with Crippen LogP contribution in [0.4, 0.5) is 0 Å². The van der Waals surface area contributed by atoms with E-state index in [4.69, 9.17) is 0 Å². The van der Waals surface area contributed by atoms with Crippen LogP contribution in [-0.2, 0) is 0 Å². The summed E-state index contributed by atoms with van der Waals surface area (Å²) in [6, 6.07) is 75.2. The van der Waals surface area contributed by atoms with Gasteiger partial charge in [-0.25, -0.2) is 0 Å². The first-order valence-corrected chi connectivity index (χ1v) is 18.6. The van der Waals surface area contributed by atoms with Gasteiger partial charge in [-0.15, -0.1) is 0 Å². The lowest BCUT2D eigenvalue weighted by Gasteiger charge is -2.13. The maximum Gasteiger partial charge on any atom is 0.0619 e. The fraction of sp³-hybridized carbons (Fsp3) is 0. The summed E-state index contributed by atoms with van der Waals surface area (Å²) in [6.07, 6.45) is 0. The molecule has 54 heavy (non-hydrogen) atoms. The molecule has 11 rings (SSSR count). The molecule has 0 unspecified atom stereocenters. The van der Waals surface area contributed by atoms with E-state index >= 15 is 0 Å². The van der Waals surface area contributed by atoms with Gasteiger partial charge in [-0.3, -0.25) is 0 Å². The van der Waals surface area contributed by atoms with Crippen LogP contribution in [0.15, 0.2) is 206 Å². The highest BCUT2D eigenvalue weighted by atomic mass is 15.0. The first-order chi connectivity index (χ1) is 26.8. The molecule has 0 fully saturated rings. The molecule has 0 amide bonds. The number of benzene rings is 9. The molecule has 0 saturated carbocycles. The highest BCUT2D eigenvalue weighted by Crippen LogP contribution is 2.42. The summed E-state index contributed by atoms with van der Waals surface area (Å²) in [6.45, 7) is 0. The van der Waals surface area contributed by atoms with Gasteiger partial charge in [0, 0.05) is 38.3 Å². The summed E-state index contributed by atoms with van der Waals surface area (Å²) in [5.41, 5.74) is 14.4. The second-order valence-corrected chi connectivity index (χ2v) is 14.2. The second kappa shape index (κ2) is 12.2. The van der Waals surface area contributed by atoms with Crippen LogP contribution in [-0.4, -0.2) is 9.13 Å². The van der Waals surface area contributed by atoms with E-state index < -0.39 is 0 Å². The van der Waals surface area contributed by atoms with Crippen LogP contribution in [0.2, 0.25) is 0 Å². The second-order valence-electron chi connectivity index (χ2n) is 14.2. The molecule has 2 aromatic heterocycles. The van der Waals surface area contributed by atoms with E-state index in [0.717, 1.165) is 11.4 Å². The van der Waals surface area contributed by atoms with E-state index in [-0.39, 0.29) is 0 Å². The lowest BCUT2D eigenvalue weighted by Crippen LogP contribution is -1.96. The quantitative estimate of drug-likeness (QED) is 0.171. The molecule has 0 aliphatic carbocycles. The molecule has 0 aliphatic heterocycles. The average Bonchev–Trinajstić information content (AvgIpc) is 3.76. The van der Waals surface area contributed by atoms with Crippen molar-refractivity contribution in [1.82, 2.24) is 9.13 Å². The first-order valence-electron chi connectivity index (χ1n) is 18.6. The van der Waals surface area contributed by atoms with Gasteiger partial charge in [-0.1, -0.05) is 146 Å². The number of hydrogen-bond donors (Lipinski definition) is 0. The molecule has 0 bridgehead atoms. The minimum atomic E-state index is 1.14. The zero-order chi connectivity index (χ0) is 35.6. The van der Waals surface area contributed by atoms with Crippen molar-refractivity contribution in [2.45, 2.75) is 0 Å². The number of hydrogen-bond acceptors (Lipinski definition) is 0. The molecule has 0 aliphatic rings. The minimum absolute atomic E-state index is 1.14. The summed E-state index contributed by atoms with van der Waals surface area (Å²) < 4.78 is 4.90. The smallest absolute Gasteiger partial charge is 0.0619 e. The predicted molar refractivity (Wildman–Crippen MR) is 229 cm³/mol. The van der Waals surface area contributed by atoms with Crippen LogP contribution < -0.4 is 0 Å². The van der Waals surface area contributed by atoms with Crippen molar-refractivity contribution in [3.8, 4) is 44.8 Å². The molecule has 0 atom stereocenters. The van der Waals surface area contributed by atoms with Crippen molar-refractivity contribution in [2.75, 3.05) is 0 Å². The van der Waals surface area contributed by atoms with E-state index in [1.54, 1.807) is 0 Å². The monoisotopic (exact) mass is 686 g/mol. The van der Waals surface area contributed by atoms with Crippen LogP contribution in [0.1, 0.15) is 0 Å². The summed E-state index contributed by atoms with van der Waals surface area (Å²) in [7, 11) is 0. The largest absolute Gasteiger partial charge is 0.309 e. The van der Waals surface area contributed by atoms with E-state index in [9.17, 15) is 0 Å². The van der Waals surface area contributed by atoms with Crippen molar-refractivity contribution in [1.29, 1.82) is 0 Å². The molecule has 2 heterocycles. The summed E-state index contributed by atoms with van der Waals surface area (Å²) in [5, 5.41) is 7.54. The molecule has 0 N–H and O–H groups in total. The molecule has 11 aromatic rings. The molecule has 0 spiro atoms. The summed E-state index contributed by atoms with van der Waals surface area (Å²) in [4.78, 5) is 0. The Morgan fingerprint density at radius 1 is 0.241 bits per heavy atom. The first kappa shape index (κ1) is 30.5. The Bertz CT molecular complexity index is 3110. The lowest BCUT2D eigenvalue weighted by molar-refractivity contribution is 1.17. The average molecular weight is 687 g/mol. The fourth-order valence-corrected chi connectivity index (χ4v) is 8.55. The Morgan fingerprint density at radius 3 is 1.41 bits per heavy atom. The number of aromatic nitrogens is 2. The Balaban J connectivity index is 1.13. The van der Waals surface area contributed by atoms with Gasteiger partial charge in [-0.05, 0) is 99.4 Å². The fourth-order valence-electron chi connectivity index (χ4n) is 8.55. The summed E-state index contributed by atoms with van der Waals surface area (Å²) >= 11 is 0. The van der Waals surface area contributed by atoms with E-state index in [1.807, 2.05) is 0 Å². The topological polar surface area (TPSA) is 9.86 Å². The summed E-state index contributed by atoms with van der Waals surface area (Å²) in [5.74, 6) is 0. The molecule has 9 aromatic carbocycles. The maximum absolute atomic E-state index is 2.46. The Kier molecular flexibility index (Phi) is 6.90. The van der Waals surface area contributed by atoms with Crippen molar-refractivity contribution in [3.05, 3.63) is 206 Å². The third-order valence-corrected chi connectivity index (χ3v) is 11.1.